The van der Waals surface area contributed by atoms with Crippen LogP contribution in [0.5, 0.6) is 0 Å². The topological polar surface area (TPSA) is 43.1 Å². The molecule has 0 fully saturated rings. The molecule has 1 aromatic rings. The fraction of sp³-hybridized carbons (Fsp3) is 0.500. The van der Waals surface area contributed by atoms with E-state index in [1.807, 2.05) is 38.1 Å². The van der Waals surface area contributed by atoms with E-state index in [-0.39, 0.29) is 5.91 Å². The van der Waals surface area contributed by atoms with Gasteiger partial charge >= 0.3 is 0 Å². The van der Waals surface area contributed by atoms with Gasteiger partial charge in [-0.25, -0.2) is 0 Å². The van der Waals surface area contributed by atoms with Crippen molar-refractivity contribution < 1.29 is 4.79 Å². The Morgan fingerprint density at radius 1 is 1.31 bits per heavy atom. The van der Waals surface area contributed by atoms with Crippen molar-refractivity contribution in [1.29, 1.82) is 0 Å². The first-order valence-electron chi connectivity index (χ1n) is 5.94. The Bertz CT molecular complexity index is 373. The molecule has 0 aliphatic rings. The molecule has 88 valence electrons. The highest BCUT2D eigenvalue weighted by Gasteiger charge is 2.36. The molecule has 1 amide bonds. The third-order valence-corrected chi connectivity index (χ3v) is 3.41. The predicted octanol–water partition coefficient (Wildman–Crippen LogP) is 2.93. The Hall–Kier alpha value is -1.31. The van der Waals surface area contributed by atoms with Crippen LogP contribution in [-0.4, -0.2) is 5.91 Å². The third kappa shape index (κ3) is 2.11. The molecule has 2 heteroatoms. The van der Waals surface area contributed by atoms with E-state index in [1.54, 1.807) is 0 Å². The first-order valence-corrected chi connectivity index (χ1v) is 5.94. The van der Waals surface area contributed by atoms with Crippen molar-refractivity contribution in [2.45, 2.75) is 45.4 Å². The summed E-state index contributed by atoms with van der Waals surface area (Å²) in [4.78, 5) is 11.8. The van der Waals surface area contributed by atoms with Crippen LogP contribution < -0.4 is 5.73 Å². The molecular weight excluding hydrogens is 198 g/mol. The van der Waals surface area contributed by atoms with Crippen molar-refractivity contribution in [3.8, 4) is 0 Å². The Morgan fingerprint density at radius 3 is 2.38 bits per heavy atom. The number of amides is 1. The molecule has 1 aromatic carbocycles. The van der Waals surface area contributed by atoms with Gasteiger partial charge in [-0.2, -0.15) is 0 Å². The molecule has 16 heavy (non-hydrogen) atoms. The second-order valence-electron chi connectivity index (χ2n) is 4.36. The Balaban J connectivity index is 3.30. The van der Waals surface area contributed by atoms with Crippen LogP contribution in [0.15, 0.2) is 24.3 Å². The van der Waals surface area contributed by atoms with Crippen molar-refractivity contribution in [3.05, 3.63) is 35.4 Å². The summed E-state index contributed by atoms with van der Waals surface area (Å²) in [5.41, 5.74) is 7.38. The molecule has 0 aromatic heterocycles. The van der Waals surface area contributed by atoms with Gasteiger partial charge in [-0.3, -0.25) is 4.79 Å². The van der Waals surface area contributed by atoms with Crippen LogP contribution in [0.1, 0.15) is 44.2 Å². The number of hydrogen-bond donors (Lipinski definition) is 1. The molecule has 2 N–H and O–H groups in total. The normalized spacial score (nSPS) is 14.4. The lowest BCUT2D eigenvalue weighted by molar-refractivity contribution is -0.124. The van der Waals surface area contributed by atoms with Crippen LogP contribution in [0.4, 0.5) is 0 Å². The van der Waals surface area contributed by atoms with Crippen molar-refractivity contribution in [2.75, 3.05) is 0 Å². The van der Waals surface area contributed by atoms with Crippen LogP contribution in [0.2, 0.25) is 0 Å². The minimum absolute atomic E-state index is 0.203. The van der Waals surface area contributed by atoms with Crippen LogP contribution in [0, 0.1) is 6.92 Å². The summed E-state index contributed by atoms with van der Waals surface area (Å²) in [6, 6.07) is 8.04. The average Bonchev–Trinajstić information content (AvgIpc) is 2.26. The number of rotatable bonds is 5. The van der Waals surface area contributed by atoms with Crippen LogP contribution >= 0.6 is 0 Å². The number of carbonyl (C=O) groups excluding carboxylic acids is 1. The molecule has 1 atom stereocenters. The fourth-order valence-electron chi connectivity index (χ4n) is 2.47. The van der Waals surface area contributed by atoms with E-state index in [9.17, 15) is 4.79 Å². The van der Waals surface area contributed by atoms with Crippen LogP contribution in [0.3, 0.4) is 0 Å². The van der Waals surface area contributed by atoms with Gasteiger partial charge < -0.3 is 5.73 Å². The monoisotopic (exact) mass is 219 g/mol. The summed E-state index contributed by atoms with van der Waals surface area (Å²) < 4.78 is 0. The van der Waals surface area contributed by atoms with Crippen molar-refractivity contribution in [3.63, 3.8) is 0 Å². The minimum atomic E-state index is -0.486. The molecule has 0 radical (unpaired) electrons. The largest absolute Gasteiger partial charge is 0.369 e. The Labute approximate surface area is 97.9 Å². The van der Waals surface area contributed by atoms with E-state index in [2.05, 4.69) is 6.92 Å². The van der Waals surface area contributed by atoms with Gasteiger partial charge in [0.2, 0.25) is 5.91 Å². The van der Waals surface area contributed by atoms with Gasteiger partial charge in [0.05, 0.1) is 5.41 Å². The van der Waals surface area contributed by atoms with Crippen molar-refractivity contribution in [2.24, 2.45) is 5.73 Å². The van der Waals surface area contributed by atoms with Crippen molar-refractivity contribution in [1.82, 2.24) is 0 Å². The van der Waals surface area contributed by atoms with Gasteiger partial charge in [-0.1, -0.05) is 44.5 Å². The Kier molecular flexibility index (Phi) is 4.11. The summed E-state index contributed by atoms with van der Waals surface area (Å²) in [6.45, 7) is 6.16. The van der Waals surface area contributed by atoms with Gasteiger partial charge in [0.15, 0.2) is 0 Å². The molecule has 0 heterocycles. The second kappa shape index (κ2) is 5.15. The summed E-state index contributed by atoms with van der Waals surface area (Å²) >= 11 is 0. The Morgan fingerprint density at radius 2 is 1.94 bits per heavy atom. The number of carbonyl (C=O) groups is 1. The maximum atomic E-state index is 11.8. The van der Waals surface area contributed by atoms with E-state index < -0.39 is 5.41 Å². The van der Waals surface area contributed by atoms with E-state index in [0.717, 1.165) is 30.4 Å². The number of nitrogens with two attached hydrogens (primary N) is 1. The lowest BCUT2D eigenvalue weighted by Gasteiger charge is -2.31. The summed E-state index contributed by atoms with van der Waals surface area (Å²) in [7, 11) is 0. The van der Waals surface area contributed by atoms with E-state index in [0.29, 0.717) is 0 Å². The number of primary amides is 1. The molecule has 1 unspecified atom stereocenters. The smallest absolute Gasteiger partial charge is 0.228 e. The highest BCUT2D eigenvalue weighted by Crippen LogP contribution is 2.34. The van der Waals surface area contributed by atoms with E-state index >= 15 is 0 Å². The number of hydrogen-bond acceptors (Lipinski definition) is 1. The fourth-order valence-corrected chi connectivity index (χ4v) is 2.47. The summed E-state index contributed by atoms with van der Waals surface area (Å²) in [5.74, 6) is -0.203. The molecule has 0 saturated heterocycles. The van der Waals surface area contributed by atoms with Crippen LogP contribution in [-0.2, 0) is 10.2 Å². The zero-order valence-electron chi connectivity index (χ0n) is 10.4. The van der Waals surface area contributed by atoms with E-state index in [1.165, 1.54) is 0 Å². The standard InChI is InChI=1S/C14H21NO/c1-4-10-14(5-2,13(15)16)12-9-7-6-8-11(12)3/h6-9H,4-5,10H2,1-3H3,(H2,15,16). The van der Waals surface area contributed by atoms with Crippen molar-refractivity contribution >= 4 is 5.91 Å². The molecule has 1 rings (SSSR count). The molecule has 0 aliphatic heterocycles. The van der Waals surface area contributed by atoms with Gasteiger partial charge in [-0.15, -0.1) is 0 Å². The molecule has 0 saturated carbocycles. The first-order chi connectivity index (χ1) is 7.58. The molecule has 0 spiro atoms. The summed E-state index contributed by atoms with van der Waals surface area (Å²) in [5, 5.41) is 0. The SMILES string of the molecule is CCCC(CC)(C(N)=O)c1ccccc1C. The second-order valence-corrected chi connectivity index (χ2v) is 4.36. The zero-order chi connectivity index (χ0) is 12.2. The first kappa shape index (κ1) is 12.8. The number of benzene rings is 1. The van der Waals surface area contributed by atoms with E-state index in [4.69, 9.17) is 5.73 Å². The maximum absolute atomic E-state index is 11.8. The van der Waals surface area contributed by atoms with Crippen LogP contribution in [0.25, 0.3) is 0 Å². The average molecular weight is 219 g/mol. The summed E-state index contributed by atoms with van der Waals surface area (Å²) in [6.07, 6.45) is 2.55. The van der Waals surface area contributed by atoms with Gasteiger partial charge in [0.25, 0.3) is 0 Å². The lowest BCUT2D eigenvalue weighted by Crippen LogP contribution is -2.41. The zero-order valence-corrected chi connectivity index (χ0v) is 10.4. The number of aryl methyl sites for hydroxylation is 1. The molecule has 2 nitrogen and oxygen atoms in total. The third-order valence-electron chi connectivity index (χ3n) is 3.41. The highest BCUT2D eigenvalue weighted by atomic mass is 16.1. The predicted molar refractivity (Wildman–Crippen MR) is 67.3 cm³/mol. The van der Waals surface area contributed by atoms with Gasteiger partial charge in [-0.05, 0) is 30.9 Å². The molecule has 0 bridgehead atoms. The van der Waals surface area contributed by atoms with Gasteiger partial charge in [0, 0.05) is 0 Å². The maximum Gasteiger partial charge on any atom is 0.228 e. The lowest BCUT2D eigenvalue weighted by atomic mass is 9.72. The molecule has 0 aliphatic carbocycles. The van der Waals surface area contributed by atoms with Gasteiger partial charge in [0.1, 0.15) is 0 Å². The quantitative estimate of drug-likeness (QED) is 0.813. The minimum Gasteiger partial charge on any atom is -0.369 e. The molecular formula is C14H21NO. The highest BCUT2D eigenvalue weighted by molar-refractivity contribution is 5.87.